The molecule has 152 valence electrons. The highest BCUT2D eigenvalue weighted by Gasteiger charge is 2.86. The van der Waals surface area contributed by atoms with Crippen molar-refractivity contribution in [3.63, 3.8) is 0 Å². The van der Waals surface area contributed by atoms with E-state index in [9.17, 15) is 14.9 Å². The highest BCUT2D eigenvalue weighted by atomic mass is 16.2. The number of aryl methyl sites for hydroxylation is 2. The van der Waals surface area contributed by atoms with Crippen molar-refractivity contribution in [2.45, 2.75) is 26.2 Å². The summed E-state index contributed by atoms with van der Waals surface area (Å²) in [6, 6.07) is 18.9. The van der Waals surface area contributed by atoms with Crippen LogP contribution in [0.3, 0.4) is 0 Å². The maximum atomic E-state index is 13.8. The SMILES string of the molecule is Cc1cc(C)cc(N2C(=O)[C@H]3[C@@](c4ccncc4)(c4ccc(C#N)cc4)[C@@]3(C)C2=O)c1. The van der Waals surface area contributed by atoms with Gasteiger partial charge in [-0.15, -0.1) is 0 Å². The summed E-state index contributed by atoms with van der Waals surface area (Å²) in [5, 5.41) is 9.19. The predicted octanol–water partition coefficient (Wildman–Crippen LogP) is 4.07. The molecule has 1 saturated heterocycles. The Morgan fingerprint density at radius 3 is 2.03 bits per heavy atom. The molecule has 1 aliphatic carbocycles. The normalized spacial score (nSPS) is 26.5. The van der Waals surface area contributed by atoms with Gasteiger partial charge in [0.1, 0.15) is 0 Å². The lowest BCUT2D eigenvalue weighted by Crippen LogP contribution is -2.42. The van der Waals surface area contributed by atoms with Gasteiger partial charge in [-0.05, 0) is 79.4 Å². The zero-order chi connectivity index (χ0) is 22.0. The van der Waals surface area contributed by atoms with Crippen LogP contribution in [0.5, 0.6) is 0 Å². The fraction of sp³-hybridized carbons (Fsp3) is 0.231. The van der Waals surface area contributed by atoms with Crippen LogP contribution in [-0.4, -0.2) is 16.8 Å². The minimum atomic E-state index is -0.906. The first kappa shape index (κ1) is 19.2. The second kappa shape index (κ2) is 6.36. The van der Waals surface area contributed by atoms with E-state index in [1.54, 1.807) is 24.5 Å². The summed E-state index contributed by atoms with van der Waals surface area (Å²) in [6.45, 7) is 5.81. The Labute approximate surface area is 181 Å². The first-order valence-corrected chi connectivity index (χ1v) is 10.2. The number of benzene rings is 2. The van der Waals surface area contributed by atoms with E-state index >= 15 is 0 Å². The number of piperidine rings is 1. The van der Waals surface area contributed by atoms with Crippen molar-refractivity contribution >= 4 is 17.5 Å². The number of anilines is 1. The minimum absolute atomic E-state index is 0.182. The molecule has 3 atom stereocenters. The molecule has 3 aromatic rings. The molecule has 1 saturated carbocycles. The predicted molar refractivity (Wildman–Crippen MR) is 116 cm³/mol. The van der Waals surface area contributed by atoms with Crippen LogP contribution in [0.4, 0.5) is 5.69 Å². The molecule has 31 heavy (non-hydrogen) atoms. The Bertz CT molecular complexity index is 1260. The summed E-state index contributed by atoms with van der Waals surface area (Å²) in [5.74, 6) is -0.879. The lowest BCUT2D eigenvalue weighted by atomic mass is 9.79. The summed E-state index contributed by atoms with van der Waals surface area (Å²) in [4.78, 5) is 33.0. The smallest absolute Gasteiger partial charge is 0.241 e. The molecule has 0 radical (unpaired) electrons. The van der Waals surface area contributed by atoms with E-state index in [1.165, 1.54) is 4.90 Å². The van der Waals surface area contributed by atoms with Gasteiger partial charge in [-0.2, -0.15) is 5.26 Å². The molecule has 5 rings (SSSR count). The number of carbonyl (C=O) groups is 2. The van der Waals surface area contributed by atoms with Gasteiger partial charge in [-0.3, -0.25) is 14.6 Å². The van der Waals surface area contributed by atoms with Gasteiger partial charge < -0.3 is 0 Å². The van der Waals surface area contributed by atoms with Crippen molar-refractivity contribution < 1.29 is 9.59 Å². The van der Waals surface area contributed by atoms with E-state index in [0.717, 1.165) is 22.3 Å². The number of fused-ring (bicyclic) bond motifs is 1. The standard InChI is InChI=1S/C26H21N3O2/c1-16-12-17(2)14-21(13-16)29-23(30)22-25(3,24(29)31)26(22,20-8-10-28-11-9-20)19-6-4-18(15-27)5-7-19/h4-14,22H,1-3H3/t22-,25-,26+/m1/s1. The fourth-order valence-corrected chi connectivity index (χ4v) is 5.65. The Morgan fingerprint density at radius 1 is 0.935 bits per heavy atom. The summed E-state index contributed by atoms with van der Waals surface area (Å²) in [5.41, 5.74) is 3.27. The zero-order valence-corrected chi connectivity index (χ0v) is 17.6. The maximum absolute atomic E-state index is 13.8. The number of aromatic nitrogens is 1. The monoisotopic (exact) mass is 407 g/mol. The average molecular weight is 407 g/mol. The van der Waals surface area contributed by atoms with Crippen molar-refractivity contribution in [2.75, 3.05) is 4.90 Å². The van der Waals surface area contributed by atoms with Crippen LogP contribution in [0, 0.1) is 36.5 Å². The molecule has 2 amide bonds. The first-order valence-electron chi connectivity index (χ1n) is 10.2. The van der Waals surface area contributed by atoms with Gasteiger partial charge in [0.15, 0.2) is 0 Å². The number of amides is 2. The molecule has 2 aliphatic rings. The number of rotatable bonds is 3. The van der Waals surface area contributed by atoms with Gasteiger partial charge in [-0.25, -0.2) is 4.90 Å². The Morgan fingerprint density at radius 2 is 1.52 bits per heavy atom. The van der Waals surface area contributed by atoms with Gasteiger partial charge in [0, 0.05) is 17.8 Å². The molecule has 0 spiro atoms. The third-order valence-electron chi connectivity index (χ3n) is 6.93. The van der Waals surface area contributed by atoms with Gasteiger partial charge in [0.25, 0.3) is 0 Å². The Kier molecular flexibility index (Phi) is 3.94. The van der Waals surface area contributed by atoms with Crippen LogP contribution < -0.4 is 4.90 Å². The van der Waals surface area contributed by atoms with Crippen molar-refractivity contribution in [1.29, 1.82) is 5.26 Å². The maximum Gasteiger partial charge on any atom is 0.241 e. The third kappa shape index (κ3) is 2.33. The molecular weight excluding hydrogens is 386 g/mol. The largest absolute Gasteiger partial charge is 0.274 e. The Hall–Kier alpha value is -3.78. The molecule has 2 aromatic carbocycles. The van der Waals surface area contributed by atoms with E-state index in [0.29, 0.717) is 11.3 Å². The van der Waals surface area contributed by atoms with E-state index in [1.807, 2.05) is 63.2 Å². The Balaban J connectivity index is 1.68. The van der Waals surface area contributed by atoms with Gasteiger partial charge in [0.05, 0.1) is 28.7 Å². The fourth-order valence-electron chi connectivity index (χ4n) is 5.65. The van der Waals surface area contributed by atoms with E-state index in [-0.39, 0.29) is 11.8 Å². The van der Waals surface area contributed by atoms with Crippen molar-refractivity contribution in [3.8, 4) is 6.07 Å². The average Bonchev–Trinajstić information content (AvgIpc) is 3.28. The summed E-state index contributed by atoms with van der Waals surface area (Å²) in [6.07, 6.45) is 3.38. The molecular formula is C26H21N3O2. The lowest BCUT2D eigenvalue weighted by Gasteiger charge is -2.29. The van der Waals surface area contributed by atoms with E-state index in [4.69, 9.17) is 0 Å². The molecule has 1 aliphatic heterocycles. The van der Waals surface area contributed by atoms with E-state index in [2.05, 4.69) is 11.1 Å². The quantitative estimate of drug-likeness (QED) is 0.614. The molecule has 2 fully saturated rings. The van der Waals surface area contributed by atoms with Crippen LogP contribution in [0.25, 0.3) is 0 Å². The molecule has 0 N–H and O–H groups in total. The molecule has 5 nitrogen and oxygen atoms in total. The van der Waals surface area contributed by atoms with Crippen LogP contribution in [0.2, 0.25) is 0 Å². The molecule has 2 heterocycles. The van der Waals surface area contributed by atoms with E-state index < -0.39 is 16.7 Å². The number of hydrogen-bond acceptors (Lipinski definition) is 4. The number of nitriles is 1. The van der Waals surface area contributed by atoms with Crippen LogP contribution in [-0.2, 0) is 15.0 Å². The molecule has 0 unspecified atom stereocenters. The lowest BCUT2D eigenvalue weighted by molar-refractivity contribution is -0.125. The van der Waals surface area contributed by atoms with Crippen molar-refractivity contribution in [3.05, 3.63) is 94.8 Å². The number of carbonyl (C=O) groups excluding carboxylic acids is 2. The second-order valence-corrected chi connectivity index (χ2v) is 8.69. The highest BCUT2D eigenvalue weighted by molar-refractivity contribution is 6.29. The van der Waals surface area contributed by atoms with Gasteiger partial charge in [0.2, 0.25) is 11.8 Å². The van der Waals surface area contributed by atoms with Gasteiger partial charge >= 0.3 is 0 Å². The molecule has 1 aromatic heterocycles. The number of nitrogens with zero attached hydrogens (tertiary/aromatic N) is 3. The number of hydrogen-bond donors (Lipinski definition) is 0. The molecule has 5 heteroatoms. The number of pyridine rings is 1. The van der Waals surface area contributed by atoms with Crippen LogP contribution in [0.15, 0.2) is 67.0 Å². The van der Waals surface area contributed by atoms with Crippen LogP contribution >= 0.6 is 0 Å². The minimum Gasteiger partial charge on any atom is -0.274 e. The van der Waals surface area contributed by atoms with Crippen molar-refractivity contribution in [1.82, 2.24) is 4.98 Å². The van der Waals surface area contributed by atoms with Gasteiger partial charge in [-0.1, -0.05) is 18.2 Å². The topological polar surface area (TPSA) is 74.1 Å². The summed E-state index contributed by atoms with van der Waals surface area (Å²) < 4.78 is 0. The first-order chi connectivity index (χ1) is 14.9. The number of imide groups is 1. The molecule has 0 bridgehead atoms. The highest BCUT2D eigenvalue weighted by Crippen LogP contribution is 2.76. The van der Waals surface area contributed by atoms with Crippen LogP contribution in [0.1, 0.15) is 34.7 Å². The summed E-state index contributed by atoms with van der Waals surface area (Å²) >= 11 is 0. The van der Waals surface area contributed by atoms with Crippen molar-refractivity contribution in [2.24, 2.45) is 11.3 Å². The zero-order valence-electron chi connectivity index (χ0n) is 17.6. The second-order valence-electron chi connectivity index (χ2n) is 8.69. The summed E-state index contributed by atoms with van der Waals surface area (Å²) in [7, 11) is 0. The third-order valence-corrected chi connectivity index (χ3v) is 6.93.